The van der Waals surface area contributed by atoms with Crippen LogP contribution in [0.15, 0.2) is 72.8 Å². The lowest BCUT2D eigenvalue weighted by Gasteiger charge is -2.32. The van der Waals surface area contributed by atoms with Crippen LogP contribution in [0.5, 0.6) is 0 Å². The molecular formula is C32H40N2O2S. The Balaban J connectivity index is 1.84. The Morgan fingerprint density at radius 3 is 2.24 bits per heavy atom. The second kappa shape index (κ2) is 14.6. The highest BCUT2D eigenvalue weighted by molar-refractivity contribution is 7.99. The number of nitrogens with one attached hydrogen (secondary N) is 1. The lowest BCUT2D eigenvalue weighted by molar-refractivity contribution is -0.139. The van der Waals surface area contributed by atoms with Gasteiger partial charge in [0.05, 0.1) is 5.75 Å². The molecule has 0 aliphatic rings. The number of hydrogen-bond acceptors (Lipinski definition) is 3. The Labute approximate surface area is 226 Å². The fraction of sp³-hybridized carbons (Fsp3) is 0.375. The van der Waals surface area contributed by atoms with E-state index in [9.17, 15) is 9.59 Å². The number of thioether (sulfide) groups is 1. The van der Waals surface area contributed by atoms with Crippen LogP contribution in [0, 0.1) is 20.8 Å². The number of benzene rings is 3. The van der Waals surface area contributed by atoms with Gasteiger partial charge in [0.25, 0.3) is 0 Å². The molecule has 0 aliphatic carbocycles. The van der Waals surface area contributed by atoms with E-state index in [2.05, 4.69) is 57.3 Å². The van der Waals surface area contributed by atoms with Crippen LogP contribution < -0.4 is 5.32 Å². The standard InChI is InChI=1S/C32H40N2O2S/c1-5-6-16-33-32(36)30(20-27-13-8-7-9-14-27)34(21-29-15-11-10-12-26(29)4)31(35)23-37-22-28-18-24(2)17-25(3)19-28/h7-15,17-19,30H,5-6,16,20-23H2,1-4H3,(H,33,36)/t30-/m1/s1. The monoisotopic (exact) mass is 516 g/mol. The van der Waals surface area contributed by atoms with Crippen LogP contribution in [0.3, 0.4) is 0 Å². The molecule has 196 valence electrons. The molecule has 0 fully saturated rings. The Bertz CT molecular complexity index is 1140. The van der Waals surface area contributed by atoms with E-state index in [4.69, 9.17) is 0 Å². The SMILES string of the molecule is CCCCNC(=O)[C@@H](Cc1ccccc1)N(Cc1ccccc1C)C(=O)CSCc1cc(C)cc(C)c1. The summed E-state index contributed by atoms with van der Waals surface area (Å²) in [5, 5.41) is 3.09. The molecule has 1 N–H and O–H groups in total. The molecule has 0 unspecified atom stereocenters. The van der Waals surface area contributed by atoms with Crippen LogP contribution in [-0.2, 0) is 28.3 Å². The van der Waals surface area contributed by atoms with Crippen molar-refractivity contribution in [2.75, 3.05) is 12.3 Å². The van der Waals surface area contributed by atoms with E-state index in [1.54, 1.807) is 16.7 Å². The van der Waals surface area contributed by atoms with Crippen molar-refractivity contribution in [3.05, 3.63) is 106 Å². The van der Waals surface area contributed by atoms with Crippen LogP contribution in [0.4, 0.5) is 0 Å². The minimum absolute atomic E-state index is 0.01000. The second-order valence-electron chi connectivity index (χ2n) is 9.79. The number of aryl methyl sites for hydroxylation is 3. The van der Waals surface area contributed by atoms with Crippen molar-refractivity contribution in [2.24, 2.45) is 0 Å². The third kappa shape index (κ3) is 9.08. The molecule has 0 spiro atoms. The molecule has 0 aromatic heterocycles. The highest BCUT2D eigenvalue weighted by atomic mass is 32.2. The van der Waals surface area contributed by atoms with E-state index in [0.29, 0.717) is 25.3 Å². The summed E-state index contributed by atoms with van der Waals surface area (Å²) in [6.07, 6.45) is 2.41. The zero-order chi connectivity index (χ0) is 26.6. The molecule has 3 aromatic rings. The summed E-state index contributed by atoms with van der Waals surface area (Å²) in [4.78, 5) is 29.1. The predicted octanol–water partition coefficient (Wildman–Crippen LogP) is 6.40. The maximum absolute atomic E-state index is 13.8. The molecule has 0 bridgehead atoms. The first-order chi connectivity index (χ1) is 17.9. The Kier molecular flexibility index (Phi) is 11.3. The minimum atomic E-state index is -0.576. The maximum Gasteiger partial charge on any atom is 0.243 e. The number of hydrogen-bond donors (Lipinski definition) is 1. The number of nitrogens with zero attached hydrogens (tertiary/aromatic N) is 1. The van der Waals surface area contributed by atoms with Crippen molar-refractivity contribution >= 4 is 23.6 Å². The first-order valence-electron chi connectivity index (χ1n) is 13.2. The van der Waals surface area contributed by atoms with Crippen LogP contribution in [0.25, 0.3) is 0 Å². The first-order valence-corrected chi connectivity index (χ1v) is 14.3. The van der Waals surface area contributed by atoms with Gasteiger partial charge in [-0.25, -0.2) is 0 Å². The van der Waals surface area contributed by atoms with Crippen molar-refractivity contribution < 1.29 is 9.59 Å². The smallest absolute Gasteiger partial charge is 0.243 e. The van der Waals surface area contributed by atoms with Crippen LogP contribution in [-0.4, -0.2) is 35.1 Å². The van der Waals surface area contributed by atoms with Gasteiger partial charge < -0.3 is 10.2 Å². The predicted molar refractivity (Wildman–Crippen MR) is 156 cm³/mol. The van der Waals surface area contributed by atoms with Crippen LogP contribution in [0.2, 0.25) is 0 Å². The maximum atomic E-state index is 13.8. The Morgan fingerprint density at radius 1 is 0.892 bits per heavy atom. The number of carbonyl (C=O) groups excluding carboxylic acids is 2. The molecule has 0 heterocycles. The Morgan fingerprint density at radius 2 is 1.57 bits per heavy atom. The van der Waals surface area contributed by atoms with Gasteiger partial charge in [-0.3, -0.25) is 9.59 Å². The van der Waals surface area contributed by atoms with Crippen molar-refractivity contribution in [2.45, 2.75) is 65.3 Å². The molecule has 4 nitrogen and oxygen atoms in total. The van der Waals surface area contributed by atoms with Crippen molar-refractivity contribution in [1.29, 1.82) is 0 Å². The molecule has 37 heavy (non-hydrogen) atoms. The summed E-state index contributed by atoms with van der Waals surface area (Å²) in [6, 6.07) is 24.0. The van der Waals surface area contributed by atoms with Crippen molar-refractivity contribution in [3.8, 4) is 0 Å². The van der Waals surface area contributed by atoms with E-state index in [1.807, 2.05) is 48.5 Å². The lowest BCUT2D eigenvalue weighted by atomic mass is 10.0. The highest BCUT2D eigenvalue weighted by Gasteiger charge is 2.30. The van der Waals surface area contributed by atoms with Gasteiger partial charge in [0.15, 0.2) is 0 Å². The molecule has 1 atom stereocenters. The average molecular weight is 517 g/mol. The van der Waals surface area contributed by atoms with Gasteiger partial charge in [0, 0.05) is 25.3 Å². The third-order valence-electron chi connectivity index (χ3n) is 6.48. The van der Waals surface area contributed by atoms with Gasteiger partial charge in [-0.05, 0) is 49.4 Å². The summed E-state index contributed by atoms with van der Waals surface area (Å²) in [6.45, 7) is 9.39. The van der Waals surface area contributed by atoms with Crippen molar-refractivity contribution in [3.63, 3.8) is 0 Å². The van der Waals surface area contributed by atoms with E-state index in [0.717, 1.165) is 35.3 Å². The molecule has 0 saturated carbocycles. The fourth-order valence-corrected chi connectivity index (χ4v) is 5.37. The normalized spacial score (nSPS) is 11.7. The lowest BCUT2D eigenvalue weighted by Crippen LogP contribution is -2.51. The van der Waals surface area contributed by atoms with Gasteiger partial charge in [0.1, 0.15) is 6.04 Å². The zero-order valence-corrected chi connectivity index (χ0v) is 23.4. The van der Waals surface area contributed by atoms with Gasteiger partial charge in [0.2, 0.25) is 11.8 Å². The molecule has 5 heteroatoms. The van der Waals surface area contributed by atoms with Gasteiger partial charge >= 0.3 is 0 Å². The molecule has 2 amide bonds. The summed E-state index contributed by atoms with van der Waals surface area (Å²) in [5.41, 5.74) is 6.91. The van der Waals surface area contributed by atoms with Gasteiger partial charge in [-0.15, -0.1) is 11.8 Å². The zero-order valence-electron chi connectivity index (χ0n) is 22.6. The third-order valence-corrected chi connectivity index (χ3v) is 7.47. The minimum Gasteiger partial charge on any atom is -0.354 e. The van der Waals surface area contributed by atoms with Gasteiger partial charge in [-0.2, -0.15) is 0 Å². The molecular weight excluding hydrogens is 476 g/mol. The number of amides is 2. The van der Waals surface area contributed by atoms with Crippen LogP contribution in [0.1, 0.15) is 53.1 Å². The topological polar surface area (TPSA) is 49.4 Å². The number of unbranched alkanes of at least 4 members (excludes halogenated alkanes) is 1. The van der Waals surface area contributed by atoms with Crippen molar-refractivity contribution in [1.82, 2.24) is 10.2 Å². The molecule has 3 rings (SSSR count). The summed E-state index contributed by atoms with van der Waals surface area (Å²) >= 11 is 1.61. The summed E-state index contributed by atoms with van der Waals surface area (Å²) < 4.78 is 0. The largest absolute Gasteiger partial charge is 0.354 e. The molecule has 0 radical (unpaired) electrons. The van der Waals surface area contributed by atoms with Gasteiger partial charge in [-0.1, -0.05) is 97.3 Å². The first kappa shape index (κ1) is 28.5. The number of rotatable bonds is 13. The summed E-state index contributed by atoms with van der Waals surface area (Å²) in [7, 11) is 0. The second-order valence-corrected chi connectivity index (χ2v) is 10.8. The average Bonchev–Trinajstić information content (AvgIpc) is 2.87. The van der Waals surface area contributed by atoms with E-state index >= 15 is 0 Å². The van der Waals surface area contributed by atoms with E-state index in [-0.39, 0.29) is 11.8 Å². The molecule has 0 saturated heterocycles. The molecule has 3 aromatic carbocycles. The van der Waals surface area contributed by atoms with E-state index < -0.39 is 6.04 Å². The van der Waals surface area contributed by atoms with Crippen LogP contribution >= 0.6 is 11.8 Å². The Hall–Kier alpha value is -3.05. The highest BCUT2D eigenvalue weighted by Crippen LogP contribution is 2.21. The molecule has 0 aliphatic heterocycles. The summed E-state index contributed by atoms with van der Waals surface area (Å²) in [5.74, 6) is 0.994. The fourth-order valence-electron chi connectivity index (χ4n) is 4.52. The van der Waals surface area contributed by atoms with E-state index in [1.165, 1.54) is 16.7 Å². The number of carbonyl (C=O) groups is 2. The quantitative estimate of drug-likeness (QED) is 0.267.